The van der Waals surface area contributed by atoms with Crippen molar-refractivity contribution in [3.63, 3.8) is 0 Å². The molecule has 0 saturated carbocycles. The van der Waals surface area contributed by atoms with E-state index in [2.05, 4.69) is 9.71 Å². The van der Waals surface area contributed by atoms with Crippen LogP contribution in [0.5, 0.6) is 0 Å². The third-order valence-electron chi connectivity index (χ3n) is 3.98. The van der Waals surface area contributed by atoms with Gasteiger partial charge in [0.15, 0.2) is 5.82 Å². The zero-order valence-corrected chi connectivity index (χ0v) is 16.7. The van der Waals surface area contributed by atoms with Crippen LogP contribution in [0.1, 0.15) is 17.3 Å². The molecule has 2 aromatic rings. The van der Waals surface area contributed by atoms with E-state index in [1.807, 2.05) is 30.8 Å². The van der Waals surface area contributed by atoms with Crippen molar-refractivity contribution in [3.05, 3.63) is 47.9 Å². The highest BCUT2D eigenvalue weighted by molar-refractivity contribution is 7.92. The normalized spacial score (nSPS) is 11.5. The number of carboxylic acids is 1. The molecule has 0 amide bonds. The first-order chi connectivity index (χ1) is 13.1. The summed E-state index contributed by atoms with van der Waals surface area (Å²) in [6.45, 7) is 3.69. The van der Waals surface area contributed by atoms with Crippen LogP contribution in [0, 0.1) is 5.82 Å². The van der Waals surface area contributed by atoms with E-state index in [9.17, 15) is 22.7 Å². The van der Waals surface area contributed by atoms with Crippen molar-refractivity contribution < 1.29 is 22.7 Å². The van der Waals surface area contributed by atoms with Gasteiger partial charge in [-0.15, -0.1) is 0 Å². The van der Waals surface area contributed by atoms with Gasteiger partial charge in [-0.25, -0.2) is 22.6 Å². The average molecular weight is 410 g/mol. The molecule has 0 atom stereocenters. The zero-order valence-electron chi connectivity index (χ0n) is 15.9. The third kappa shape index (κ3) is 5.40. The van der Waals surface area contributed by atoms with Crippen LogP contribution in [-0.2, 0) is 10.0 Å². The Bertz CT molecular complexity index is 933. The van der Waals surface area contributed by atoms with Gasteiger partial charge in [-0.1, -0.05) is 0 Å². The number of carbonyl (C=O) groups is 1. The van der Waals surface area contributed by atoms with Crippen LogP contribution < -0.4 is 9.62 Å². The Morgan fingerprint density at radius 3 is 2.39 bits per heavy atom. The fraction of sp³-hybridized carbons (Fsp3) is 0.333. The van der Waals surface area contributed by atoms with Crippen molar-refractivity contribution in [1.29, 1.82) is 0 Å². The van der Waals surface area contributed by atoms with E-state index in [1.165, 1.54) is 12.3 Å². The number of likely N-dealkylation sites (N-methyl/N-ethyl adjacent to an activating group) is 2. The van der Waals surface area contributed by atoms with Crippen LogP contribution in [0.2, 0.25) is 0 Å². The molecule has 2 rings (SSSR count). The minimum atomic E-state index is -4.05. The molecule has 0 aliphatic carbocycles. The number of rotatable bonds is 9. The Balaban J connectivity index is 2.45. The van der Waals surface area contributed by atoms with Gasteiger partial charge in [-0.3, -0.25) is 4.72 Å². The van der Waals surface area contributed by atoms with E-state index in [1.54, 1.807) is 0 Å². The van der Waals surface area contributed by atoms with Crippen LogP contribution in [0.25, 0.3) is 0 Å². The Morgan fingerprint density at radius 2 is 1.86 bits per heavy atom. The molecule has 1 heterocycles. The molecule has 1 aromatic heterocycles. The van der Waals surface area contributed by atoms with Crippen molar-refractivity contribution in [2.75, 3.05) is 43.4 Å². The molecule has 0 aliphatic rings. The van der Waals surface area contributed by atoms with Gasteiger partial charge in [0.05, 0.1) is 16.1 Å². The minimum Gasteiger partial charge on any atom is -0.478 e. The van der Waals surface area contributed by atoms with Crippen LogP contribution in [0.4, 0.5) is 15.9 Å². The maximum Gasteiger partial charge on any atom is 0.337 e. The molecule has 28 heavy (non-hydrogen) atoms. The summed E-state index contributed by atoms with van der Waals surface area (Å²) in [7, 11) is -0.235. The molecular formula is C18H23FN4O4S. The zero-order chi connectivity index (χ0) is 20.9. The number of pyridine rings is 1. The first kappa shape index (κ1) is 21.6. The van der Waals surface area contributed by atoms with Gasteiger partial charge in [0.1, 0.15) is 5.82 Å². The highest BCUT2D eigenvalue weighted by atomic mass is 32.2. The summed E-state index contributed by atoms with van der Waals surface area (Å²) in [6, 6.07) is 5.57. The lowest BCUT2D eigenvalue weighted by atomic mass is 10.2. The maximum absolute atomic E-state index is 13.1. The second-order valence-corrected chi connectivity index (χ2v) is 8.03. The van der Waals surface area contributed by atoms with Crippen molar-refractivity contribution in [2.45, 2.75) is 11.8 Å². The smallest absolute Gasteiger partial charge is 0.337 e. The lowest BCUT2D eigenvalue weighted by molar-refractivity contribution is 0.0696. The summed E-state index contributed by atoms with van der Waals surface area (Å²) in [5, 5.41) is 9.24. The van der Waals surface area contributed by atoms with Crippen molar-refractivity contribution in [2.24, 2.45) is 0 Å². The van der Waals surface area contributed by atoms with Gasteiger partial charge in [0.2, 0.25) is 0 Å². The van der Waals surface area contributed by atoms with Gasteiger partial charge in [0, 0.05) is 25.8 Å². The molecule has 8 nitrogen and oxygen atoms in total. The first-order valence-electron chi connectivity index (χ1n) is 8.55. The monoisotopic (exact) mass is 410 g/mol. The number of anilines is 2. The molecular weight excluding hydrogens is 387 g/mol. The van der Waals surface area contributed by atoms with E-state index in [4.69, 9.17) is 0 Å². The topological polar surface area (TPSA) is 103 Å². The molecule has 0 aliphatic heterocycles. The fourth-order valence-electron chi connectivity index (χ4n) is 2.45. The number of hydrogen-bond donors (Lipinski definition) is 2. The molecule has 0 bridgehead atoms. The Morgan fingerprint density at radius 1 is 1.21 bits per heavy atom. The largest absolute Gasteiger partial charge is 0.478 e. The average Bonchev–Trinajstić information content (AvgIpc) is 2.62. The molecule has 0 fully saturated rings. The summed E-state index contributed by atoms with van der Waals surface area (Å²) < 4.78 is 40.9. The number of hydrogen-bond acceptors (Lipinski definition) is 6. The quantitative estimate of drug-likeness (QED) is 0.653. The number of halogens is 1. The second-order valence-electron chi connectivity index (χ2n) is 6.34. The summed E-state index contributed by atoms with van der Waals surface area (Å²) in [6.07, 6.45) is 1.19. The Kier molecular flexibility index (Phi) is 6.92. The van der Waals surface area contributed by atoms with Crippen molar-refractivity contribution >= 4 is 27.5 Å². The number of nitrogens with one attached hydrogen (secondary N) is 1. The van der Waals surface area contributed by atoms with E-state index >= 15 is 0 Å². The van der Waals surface area contributed by atoms with Gasteiger partial charge in [-0.2, -0.15) is 0 Å². The van der Waals surface area contributed by atoms with E-state index in [-0.39, 0.29) is 16.1 Å². The third-order valence-corrected chi connectivity index (χ3v) is 5.36. The van der Waals surface area contributed by atoms with Crippen LogP contribution in [0.3, 0.4) is 0 Å². The van der Waals surface area contributed by atoms with E-state index < -0.39 is 21.8 Å². The number of benzene rings is 1. The summed E-state index contributed by atoms with van der Waals surface area (Å²) in [5.74, 6) is -1.47. The molecule has 152 valence electrons. The summed E-state index contributed by atoms with van der Waals surface area (Å²) in [5.41, 5.74) is -0.103. The molecule has 0 radical (unpaired) electrons. The SMILES string of the molecule is CCN(CCN(C)C)c1ncc(C(=O)O)cc1NS(=O)(=O)c1ccc(F)cc1. The van der Waals surface area contributed by atoms with Gasteiger partial charge in [-0.05, 0) is 51.4 Å². The second kappa shape index (κ2) is 8.98. The molecule has 1 aromatic carbocycles. The highest BCUT2D eigenvalue weighted by Crippen LogP contribution is 2.27. The number of aromatic nitrogens is 1. The van der Waals surface area contributed by atoms with Crippen LogP contribution in [0.15, 0.2) is 41.4 Å². The lowest BCUT2D eigenvalue weighted by Crippen LogP contribution is -2.33. The number of sulfonamides is 1. The lowest BCUT2D eigenvalue weighted by Gasteiger charge is -2.26. The Labute approximate surface area is 163 Å². The maximum atomic E-state index is 13.1. The summed E-state index contributed by atoms with van der Waals surface area (Å²) in [4.78, 5) is 19.2. The molecule has 0 saturated heterocycles. The summed E-state index contributed by atoms with van der Waals surface area (Å²) >= 11 is 0. The molecule has 2 N–H and O–H groups in total. The number of aromatic carboxylic acids is 1. The van der Waals surface area contributed by atoms with Gasteiger partial charge >= 0.3 is 5.97 Å². The molecule has 0 unspecified atom stereocenters. The van der Waals surface area contributed by atoms with Gasteiger partial charge in [0.25, 0.3) is 10.0 Å². The fourth-order valence-corrected chi connectivity index (χ4v) is 3.51. The molecule has 10 heteroatoms. The first-order valence-corrected chi connectivity index (χ1v) is 10.0. The van der Waals surface area contributed by atoms with Crippen LogP contribution in [-0.4, -0.2) is 63.1 Å². The predicted molar refractivity (Wildman–Crippen MR) is 105 cm³/mol. The number of nitrogens with zero attached hydrogens (tertiary/aromatic N) is 3. The molecule has 0 spiro atoms. The van der Waals surface area contributed by atoms with E-state index in [0.717, 1.165) is 24.3 Å². The number of carboxylic acid groups (broad SMARTS) is 1. The highest BCUT2D eigenvalue weighted by Gasteiger charge is 2.21. The minimum absolute atomic E-state index is 0.0461. The van der Waals surface area contributed by atoms with Crippen LogP contribution >= 0.6 is 0 Å². The standard InChI is InChI=1S/C18H23FN4O4S/c1-4-23(10-9-22(2)3)17-16(11-13(12-20-17)18(24)25)21-28(26,27)15-7-5-14(19)6-8-15/h5-8,11-12,21H,4,9-10H2,1-3H3,(H,24,25). The predicted octanol–water partition coefficient (Wildman–Crippen LogP) is 2.11. The van der Waals surface area contributed by atoms with Crippen molar-refractivity contribution in [3.8, 4) is 0 Å². The van der Waals surface area contributed by atoms with Crippen molar-refractivity contribution in [1.82, 2.24) is 9.88 Å². The van der Waals surface area contributed by atoms with Gasteiger partial charge < -0.3 is 14.9 Å². The van der Waals surface area contributed by atoms with E-state index in [0.29, 0.717) is 25.5 Å². The Hall–Kier alpha value is -2.72.